The molecule has 0 fully saturated rings. The Morgan fingerprint density at radius 3 is 2.50 bits per heavy atom. The van der Waals surface area contributed by atoms with E-state index in [1.165, 1.54) is 0 Å². The van der Waals surface area contributed by atoms with Gasteiger partial charge in [0.05, 0.1) is 0 Å². The van der Waals surface area contributed by atoms with Crippen LogP contribution in [0.4, 0.5) is 5.69 Å². The number of benzene rings is 1. The van der Waals surface area contributed by atoms with Crippen LogP contribution in [0, 0.1) is 5.41 Å². The van der Waals surface area contributed by atoms with Crippen LogP contribution in [0.5, 0.6) is 0 Å². The second-order valence-corrected chi connectivity index (χ2v) is 3.29. The van der Waals surface area contributed by atoms with Gasteiger partial charge in [0.25, 0.3) is 0 Å². The number of nitrogens with one attached hydrogen (secondary N) is 1. The van der Waals surface area contributed by atoms with E-state index in [-0.39, 0.29) is 0 Å². The average Bonchev–Trinajstić information content (AvgIpc) is 2.35. The molecule has 82 valence electrons. The highest BCUT2D eigenvalue weighted by molar-refractivity contribution is 5.68. The lowest BCUT2D eigenvalue weighted by molar-refractivity contribution is 1.15. The van der Waals surface area contributed by atoms with Crippen LogP contribution in [-0.2, 0) is 0 Å². The largest absolute Gasteiger partial charge is 0.337 e. The third-order valence-electron chi connectivity index (χ3n) is 2.19. The molecule has 0 saturated heterocycles. The van der Waals surface area contributed by atoms with E-state index in [0.717, 1.165) is 11.4 Å². The van der Waals surface area contributed by atoms with E-state index in [9.17, 15) is 0 Å². The Hall–Kier alpha value is -2.05. The van der Waals surface area contributed by atoms with Crippen LogP contribution in [0.15, 0.2) is 60.3 Å². The molecule has 0 aliphatic carbocycles. The van der Waals surface area contributed by atoms with Crippen molar-refractivity contribution in [3.63, 3.8) is 0 Å². The van der Waals surface area contributed by atoms with Crippen LogP contribution in [0.3, 0.4) is 0 Å². The molecule has 0 amide bonds. The predicted molar refractivity (Wildman–Crippen MR) is 70.0 cm³/mol. The van der Waals surface area contributed by atoms with Crippen molar-refractivity contribution in [2.45, 2.75) is 6.92 Å². The van der Waals surface area contributed by atoms with Crippen LogP contribution >= 0.6 is 0 Å². The summed E-state index contributed by atoms with van der Waals surface area (Å²) in [4.78, 5) is 1.92. The Kier molecular flexibility index (Phi) is 4.84. The van der Waals surface area contributed by atoms with E-state index < -0.39 is 0 Å². The van der Waals surface area contributed by atoms with Crippen molar-refractivity contribution in [3.05, 3.63) is 60.3 Å². The molecule has 16 heavy (non-hydrogen) atoms. The molecule has 0 atom stereocenters. The minimum absolute atomic E-state index is 0.726. The summed E-state index contributed by atoms with van der Waals surface area (Å²) >= 11 is 0. The standard InChI is InChI=1S/C14H16N2/c1-3-4-6-11-14(12-15)16(2)13-9-7-5-8-10-13/h3-11,15H,1-2H3/b4-3+,11-6+. The first kappa shape index (κ1) is 12.0. The first-order valence-corrected chi connectivity index (χ1v) is 5.17. The molecular formula is C14H16N2. The summed E-state index contributed by atoms with van der Waals surface area (Å²) in [7, 11) is 1.92. The molecule has 0 saturated carbocycles. The van der Waals surface area contributed by atoms with E-state index in [1.807, 2.05) is 73.5 Å². The van der Waals surface area contributed by atoms with Crippen LogP contribution in [-0.4, -0.2) is 12.9 Å². The van der Waals surface area contributed by atoms with Crippen LogP contribution in [0.2, 0.25) is 0 Å². The maximum atomic E-state index is 7.27. The zero-order valence-corrected chi connectivity index (χ0v) is 9.64. The SMILES string of the molecule is C/C=C/C=C/C(=C=N)N(C)c1ccccc1. The van der Waals surface area contributed by atoms with Gasteiger partial charge in [0, 0.05) is 18.6 Å². The number of para-hydroxylation sites is 1. The van der Waals surface area contributed by atoms with Crippen molar-refractivity contribution < 1.29 is 0 Å². The number of anilines is 1. The molecule has 2 nitrogen and oxygen atoms in total. The molecule has 1 aromatic rings. The number of hydrogen-bond acceptors (Lipinski definition) is 2. The van der Waals surface area contributed by atoms with E-state index in [1.54, 1.807) is 0 Å². The van der Waals surface area contributed by atoms with Gasteiger partial charge in [0.2, 0.25) is 0 Å². The Morgan fingerprint density at radius 2 is 1.94 bits per heavy atom. The summed E-state index contributed by atoms with van der Waals surface area (Å²) in [6, 6.07) is 9.93. The fourth-order valence-electron chi connectivity index (χ4n) is 1.29. The summed E-state index contributed by atoms with van der Waals surface area (Å²) in [5.74, 6) is 2.43. The zero-order valence-electron chi connectivity index (χ0n) is 9.64. The van der Waals surface area contributed by atoms with Crippen LogP contribution in [0.1, 0.15) is 6.92 Å². The quantitative estimate of drug-likeness (QED) is 0.601. The molecule has 0 spiro atoms. The predicted octanol–water partition coefficient (Wildman–Crippen LogP) is 3.39. The first-order chi connectivity index (χ1) is 7.79. The number of allylic oxidation sites excluding steroid dienone is 4. The van der Waals surface area contributed by atoms with Gasteiger partial charge in [-0.25, -0.2) is 0 Å². The smallest absolute Gasteiger partial charge is 0.103 e. The number of hydrogen-bond donors (Lipinski definition) is 1. The van der Waals surface area contributed by atoms with Crippen molar-refractivity contribution >= 4 is 11.6 Å². The number of likely N-dealkylation sites (N-methyl/N-ethyl adjacent to an activating group) is 1. The Bertz CT molecular complexity index is 423. The minimum Gasteiger partial charge on any atom is -0.337 e. The Balaban J connectivity index is 2.87. The van der Waals surface area contributed by atoms with Gasteiger partial charge in [-0.1, -0.05) is 36.4 Å². The van der Waals surface area contributed by atoms with Crippen LogP contribution < -0.4 is 4.90 Å². The minimum atomic E-state index is 0.726. The van der Waals surface area contributed by atoms with Crippen molar-refractivity contribution in [1.82, 2.24) is 0 Å². The van der Waals surface area contributed by atoms with Crippen molar-refractivity contribution in [2.24, 2.45) is 0 Å². The Morgan fingerprint density at radius 1 is 1.25 bits per heavy atom. The molecule has 2 heteroatoms. The molecule has 1 rings (SSSR count). The monoisotopic (exact) mass is 212 g/mol. The maximum absolute atomic E-state index is 7.27. The lowest BCUT2D eigenvalue weighted by Gasteiger charge is -2.17. The summed E-state index contributed by atoms with van der Waals surface area (Å²) in [6.45, 7) is 1.96. The van der Waals surface area contributed by atoms with Gasteiger partial charge in [-0.05, 0) is 25.1 Å². The molecule has 1 N–H and O–H groups in total. The highest BCUT2D eigenvalue weighted by Crippen LogP contribution is 2.15. The van der Waals surface area contributed by atoms with E-state index in [2.05, 4.69) is 5.87 Å². The highest BCUT2D eigenvalue weighted by atomic mass is 15.1. The van der Waals surface area contributed by atoms with Gasteiger partial charge >= 0.3 is 0 Å². The summed E-state index contributed by atoms with van der Waals surface area (Å²) < 4.78 is 0. The molecular weight excluding hydrogens is 196 g/mol. The van der Waals surface area contributed by atoms with Gasteiger partial charge in [-0.2, -0.15) is 0 Å². The third kappa shape index (κ3) is 3.26. The number of rotatable bonds is 4. The van der Waals surface area contributed by atoms with Crippen molar-refractivity contribution in [1.29, 1.82) is 5.41 Å². The Labute approximate surface area is 96.7 Å². The molecule has 0 aliphatic rings. The van der Waals surface area contributed by atoms with E-state index in [4.69, 9.17) is 5.41 Å². The highest BCUT2D eigenvalue weighted by Gasteiger charge is 2.02. The summed E-state index contributed by atoms with van der Waals surface area (Å²) in [5.41, 5.74) is 1.77. The lowest BCUT2D eigenvalue weighted by Crippen LogP contribution is -2.15. The number of nitrogens with zero attached hydrogens (tertiary/aromatic N) is 1. The normalized spacial score (nSPS) is 10.6. The molecule has 0 radical (unpaired) electrons. The van der Waals surface area contributed by atoms with Gasteiger partial charge < -0.3 is 4.90 Å². The van der Waals surface area contributed by atoms with Gasteiger partial charge in [-0.15, -0.1) is 0 Å². The van der Waals surface area contributed by atoms with Gasteiger partial charge in [0.15, 0.2) is 0 Å². The summed E-state index contributed by atoms with van der Waals surface area (Å²) in [5, 5.41) is 7.27. The molecule has 0 aromatic heterocycles. The first-order valence-electron chi connectivity index (χ1n) is 5.17. The van der Waals surface area contributed by atoms with Crippen molar-refractivity contribution in [2.75, 3.05) is 11.9 Å². The van der Waals surface area contributed by atoms with Gasteiger partial charge in [0.1, 0.15) is 5.70 Å². The van der Waals surface area contributed by atoms with Crippen LogP contribution in [0.25, 0.3) is 0 Å². The lowest BCUT2D eigenvalue weighted by atomic mass is 10.2. The maximum Gasteiger partial charge on any atom is 0.103 e. The molecule has 0 unspecified atom stereocenters. The molecule has 0 bridgehead atoms. The molecule has 0 heterocycles. The third-order valence-corrected chi connectivity index (χ3v) is 2.19. The second kappa shape index (κ2) is 6.44. The average molecular weight is 212 g/mol. The van der Waals surface area contributed by atoms with Crippen molar-refractivity contribution in [3.8, 4) is 0 Å². The zero-order chi connectivity index (χ0) is 11.8. The van der Waals surface area contributed by atoms with E-state index >= 15 is 0 Å². The fraction of sp³-hybridized carbons (Fsp3) is 0.143. The topological polar surface area (TPSA) is 27.1 Å². The molecule has 0 aliphatic heterocycles. The molecule has 1 aromatic carbocycles. The fourth-order valence-corrected chi connectivity index (χ4v) is 1.29. The summed E-state index contributed by atoms with van der Waals surface area (Å²) in [6.07, 6.45) is 7.63. The van der Waals surface area contributed by atoms with E-state index in [0.29, 0.717) is 0 Å². The second-order valence-electron chi connectivity index (χ2n) is 3.29. The van der Waals surface area contributed by atoms with Gasteiger partial charge in [-0.3, -0.25) is 5.41 Å².